The van der Waals surface area contributed by atoms with Crippen molar-refractivity contribution in [1.82, 2.24) is 15.5 Å². The molecule has 0 aromatic heterocycles. The molecule has 3 rings (SSSR count). The molecule has 3 atom stereocenters. The topological polar surface area (TPSA) is 108 Å². The highest BCUT2D eigenvalue weighted by atomic mass is 16.6. The maximum absolute atomic E-state index is 14.6. The molecule has 3 N–H and O–H groups in total. The lowest BCUT2D eigenvalue weighted by atomic mass is 9.94. The summed E-state index contributed by atoms with van der Waals surface area (Å²) in [6, 6.07) is 19.6. The molecule has 230 valence electrons. The van der Waals surface area contributed by atoms with E-state index >= 15 is 0 Å². The van der Waals surface area contributed by atoms with Crippen LogP contribution in [0.25, 0.3) is 0 Å². The van der Waals surface area contributed by atoms with Crippen LogP contribution in [-0.4, -0.2) is 45.6 Å². The van der Waals surface area contributed by atoms with Crippen molar-refractivity contribution in [2.24, 2.45) is 0 Å². The van der Waals surface area contributed by atoms with E-state index in [1.807, 2.05) is 76.2 Å². The van der Waals surface area contributed by atoms with Crippen molar-refractivity contribution < 1.29 is 24.2 Å². The Labute approximate surface area is 255 Å². The maximum atomic E-state index is 14.6. The third-order valence-corrected chi connectivity index (χ3v) is 7.24. The molecule has 8 heteroatoms. The molecule has 0 spiro atoms. The molecule has 0 aliphatic rings. The molecular weight excluding hydrogens is 542 g/mol. The molecule has 3 aromatic rings. The quantitative estimate of drug-likeness (QED) is 0.250. The fourth-order valence-corrected chi connectivity index (χ4v) is 4.92. The van der Waals surface area contributed by atoms with E-state index in [1.165, 1.54) is 12.1 Å². The lowest BCUT2D eigenvalue weighted by Crippen LogP contribution is -2.56. The van der Waals surface area contributed by atoms with Gasteiger partial charge in [0.2, 0.25) is 11.8 Å². The molecule has 3 aromatic carbocycles. The number of rotatable bonds is 11. The van der Waals surface area contributed by atoms with Gasteiger partial charge in [-0.3, -0.25) is 9.59 Å². The second kappa shape index (κ2) is 14.7. The van der Waals surface area contributed by atoms with E-state index in [1.54, 1.807) is 37.8 Å². The molecule has 0 heterocycles. The molecule has 0 saturated carbocycles. The number of alkyl carbamates (subject to hydrolysis) is 1. The SMILES string of the molecule is CCC(C)N(C(=O)C(Cc1ccc(O)cc1)NC(=O)OC(C)(C)C)C(C(=O)NCc1ccccc1)c1ccc(C)cc1C. The average Bonchev–Trinajstić information content (AvgIpc) is 2.94. The zero-order chi connectivity index (χ0) is 31.7. The van der Waals surface area contributed by atoms with Gasteiger partial charge < -0.3 is 25.4 Å². The van der Waals surface area contributed by atoms with Crippen LogP contribution in [0.15, 0.2) is 72.8 Å². The lowest BCUT2D eigenvalue weighted by Gasteiger charge is -2.39. The Morgan fingerprint density at radius 2 is 1.58 bits per heavy atom. The van der Waals surface area contributed by atoms with Crippen molar-refractivity contribution in [2.45, 2.75) is 91.6 Å². The minimum atomic E-state index is -1.04. The van der Waals surface area contributed by atoms with Gasteiger partial charge in [-0.25, -0.2) is 4.79 Å². The van der Waals surface area contributed by atoms with Crippen molar-refractivity contribution >= 4 is 17.9 Å². The Morgan fingerprint density at radius 1 is 0.930 bits per heavy atom. The van der Waals surface area contributed by atoms with E-state index in [4.69, 9.17) is 4.74 Å². The number of ether oxygens (including phenoxy) is 1. The van der Waals surface area contributed by atoms with Gasteiger partial charge in [0.1, 0.15) is 23.4 Å². The average molecular weight is 588 g/mol. The van der Waals surface area contributed by atoms with Gasteiger partial charge in [0.25, 0.3) is 0 Å². The Kier molecular flexibility index (Phi) is 11.4. The highest BCUT2D eigenvalue weighted by Gasteiger charge is 2.39. The molecular formula is C35H45N3O5. The molecule has 43 heavy (non-hydrogen) atoms. The van der Waals surface area contributed by atoms with Gasteiger partial charge in [-0.15, -0.1) is 0 Å². The first kappa shape index (κ1) is 33.2. The second-order valence-corrected chi connectivity index (χ2v) is 12.0. The van der Waals surface area contributed by atoms with Gasteiger partial charge in [0.15, 0.2) is 0 Å². The van der Waals surface area contributed by atoms with Crippen LogP contribution in [0, 0.1) is 13.8 Å². The van der Waals surface area contributed by atoms with Crippen LogP contribution in [0.3, 0.4) is 0 Å². The molecule has 0 fully saturated rings. The third-order valence-electron chi connectivity index (χ3n) is 7.24. The number of phenolic OH excluding ortho intramolecular Hbond substituents is 1. The van der Waals surface area contributed by atoms with Gasteiger partial charge >= 0.3 is 6.09 Å². The minimum Gasteiger partial charge on any atom is -0.508 e. The van der Waals surface area contributed by atoms with Crippen LogP contribution in [0.4, 0.5) is 4.79 Å². The summed E-state index contributed by atoms with van der Waals surface area (Å²) in [5.41, 5.74) is 3.54. The molecule has 0 aliphatic carbocycles. The third kappa shape index (κ3) is 9.60. The molecule has 0 bridgehead atoms. The predicted octanol–water partition coefficient (Wildman–Crippen LogP) is 6.13. The minimum absolute atomic E-state index is 0.0953. The number of carbonyl (C=O) groups is 3. The molecule has 0 aliphatic heterocycles. The smallest absolute Gasteiger partial charge is 0.408 e. The van der Waals surface area contributed by atoms with Gasteiger partial charge in [0, 0.05) is 19.0 Å². The first-order valence-electron chi connectivity index (χ1n) is 14.8. The van der Waals surface area contributed by atoms with Crippen LogP contribution in [0.2, 0.25) is 0 Å². The monoisotopic (exact) mass is 587 g/mol. The summed E-state index contributed by atoms with van der Waals surface area (Å²) < 4.78 is 5.51. The number of aryl methyl sites for hydroxylation is 2. The van der Waals surface area contributed by atoms with E-state index in [9.17, 15) is 19.5 Å². The second-order valence-electron chi connectivity index (χ2n) is 12.0. The van der Waals surface area contributed by atoms with Crippen molar-refractivity contribution in [3.63, 3.8) is 0 Å². The summed E-state index contributed by atoms with van der Waals surface area (Å²) in [5.74, 6) is -0.629. The van der Waals surface area contributed by atoms with E-state index in [2.05, 4.69) is 10.6 Å². The number of carbonyl (C=O) groups excluding carboxylic acids is 3. The van der Waals surface area contributed by atoms with Crippen LogP contribution >= 0.6 is 0 Å². The normalized spacial score (nSPS) is 13.4. The first-order valence-corrected chi connectivity index (χ1v) is 14.8. The Bertz CT molecular complexity index is 1380. The number of aromatic hydroxyl groups is 1. The summed E-state index contributed by atoms with van der Waals surface area (Å²) in [7, 11) is 0. The van der Waals surface area contributed by atoms with Crippen LogP contribution in [0.5, 0.6) is 5.75 Å². The zero-order valence-electron chi connectivity index (χ0n) is 26.3. The summed E-state index contributed by atoms with van der Waals surface area (Å²) in [4.78, 5) is 43.3. The van der Waals surface area contributed by atoms with Gasteiger partial charge in [-0.2, -0.15) is 0 Å². The summed E-state index contributed by atoms with van der Waals surface area (Å²) >= 11 is 0. The lowest BCUT2D eigenvalue weighted by molar-refractivity contribution is -0.145. The molecule has 3 amide bonds. The van der Waals surface area contributed by atoms with Gasteiger partial charge in [-0.1, -0.05) is 73.2 Å². The Balaban J connectivity index is 2.07. The van der Waals surface area contributed by atoms with E-state index in [0.29, 0.717) is 18.5 Å². The number of hydrogen-bond donors (Lipinski definition) is 3. The fraction of sp³-hybridized carbons (Fsp3) is 0.400. The Morgan fingerprint density at radius 3 is 2.16 bits per heavy atom. The zero-order valence-corrected chi connectivity index (χ0v) is 26.3. The van der Waals surface area contributed by atoms with Crippen LogP contribution < -0.4 is 10.6 Å². The fourth-order valence-electron chi connectivity index (χ4n) is 4.92. The Hall–Kier alpha value is -4.33. The van der Waals surface area contributed by atoms with E-state index in [0.717, 1.165) is 22.3 Å². The van der Waals surface area contributed by atoms with E-state index < -0.39 is 29.7 Å². The van der Waals surface area contributed by atoms with Gasteiger partial charge in [0.05, 0.1) is 0 Å². The van der Waals surface area contributed by atoms with Gasteiger partial charge in [-0.05, 0) is 82.3 Å². The van der Waals surface area contributed by atoms with Crippen molar-refractivity contribution in [3.8, 4) is 5.75 Å². The predicted molar refractivity (Wildman–Crippen MR) is 169 cm³/mol. The molecule has 8 nitrogen and oxygen atoms in total. The molecule has 0 radical (unpaired) electrons. The molecule has 3 unspecified atom stereocenters. The van der Waals surface area contributed by atoms with Crippen molar-refractivity contribution in [2.75, 3.05) is 0 Å². The van der Waals surface area contributed by atoms with Crippen molar-refractivity contribution in [3.05, 3.63) is 101 Å². The van der Waals surface area contributed by atoms with Crippen molar-refractivity contribution in [1.29, 1.82) is 0 Å². The van der Waals surface area contributed by atoms with E-state index in [-0.39, 0.29) is 24.1 Å². The van der Waals surface area contributed by atoms with Crippen LogP contribution in [0.1, 0.15) is 74.9 Å². The number of amides is 3. The first-order chi connectivity index (χ1) is 20.3. The highest BCUT2D eigenvalue weighted by Crippen LogP contribution is 2.30. The maximum Gasteiger partial charge on any atom is 0.408 e. The standard InChI is InChI=1S/C35H45N3O5/c1-8-25(4)38(33(41)30(37-34(42)43-35(5,6)7)21-26-15-17-28(39)18-16-26)31(29-19-14-23(2)20-24(29)3)32(40)36-22-27-12-10-9-11-13-27/h9-20,25,30-31,39H,8,21-22H2,1-7H3,(H,36,40)(H,37,42). The number of phenols is 1. The molecule has 0 saturated heterocycles. The number of hydrogen-bond acceptors (Lipinski definition) is 5. The number of benzene rings is 3. The summed E-state index contributed by atoms with van der Waals surface area (Å²) in [6.07, 6.45) is -0.0149. The highest BCUT2D eigenvalue weighted by molar-refractivity contribution is 5.92. The number of nitrogens with one attached hydrogen (secondary N) is 2. The number of nitrogens with zero attached hydrogens (tertiary/aromatic N) is 1. The summed E-state index contributed by atoms with van der Waals surface area (Å²) in [5, 5.41) is 15.6. The van der Waals surface area contributed by atoms with Crippen LogP contribution in [-0.2, 0) is 27.3 Å². The summed E-state index contributed by atoms with van der Waals surface area (Å²) in [6.45, 7) is 13.3. The largest absolute Gasteiger partial charge is 0.508 e.